The van der Waals surface area contributed by atoms with Crippen molar-refractivity contribution in [2.45, 2.75) is 91.1 Å². The van der Waals surface area contributed by atoms with Gasteiger partial charge in [-0.2, -0.15) is 0 Å². The Kier molecular flexibility index (Phi) is 9.23. The molecule has 4 aliphatic carbocycles. The van der Waals surface area contributed by atoms with Crippen LogP contribution in [0.1, 0.15) is 85.0 Å². The lowest BCUT2D eigenvalue weighted by Crippen LogP contribution is -2.50. The van der Waals surface area contributed by atoms with Crippen molar-refractivity contribution in [1.82, 2.24) is 5.32 Å². The summed E-state index contributed by atoms with van der Waals surface area (Å²) >= 11 is 0. The SMILES string of the molecule is C#CCOCCOCCNC(=O)CCC(C)[C@H]1CC[C@H]2[C@@H]3CC=C4C[C@@H](O)CC[C@]4(C)[C@H]3CC[C@]12C. The van der Waals surface area contributed by atoms with Crippen molar-refractivity contribution >= 4 is 5.91 Å². The van der Waals surface area contributed by atoms with Crippen LogP contribution in [-0.4, -0.2) is 50.1 Å². The molecule has 3 fully saturated rings. The van der Waals surface area contributed by atoms with E-state index in [1.54, 1.807) is 5.57 Å². The molecule has 0 spiro atoms. The summed E-state index contributed by atoms with van der Waals surface area (Å²) in [7, 11) is 0. The maximum atomic E-state index is 12.4. The molecule has 1 unspecified atom stereocenters. The van der Waals surface area contributed by atoms with Crippen molar-refractivity contribution in [1.29, 1.82) is 0 Å². The van der Waals surface area contributed by atoms with Crippen LogP contribution in [0.3, 0.4) is 0 Å². The van der Waals surface area contributed by atoms with Crippen molar-refractivity contribution in [3.05, 3.63) is 11.6 Å². The van der Waals surface area contributed by atoms with Gasteiger partial charge in [-0.25, -0.2) is 0 Å². The summed E-state index contributed by atoms with van der Waals surface area (Å²) < 4.78 is 10.6. The second kappa shape index (κ2) is 12.0. The van der Waals surface area contributed by atoms with Crippen molar-refractivity contribution in [3.63, 3.8) is 0 Å². The maximum absolute atomic E-state index is 12.4. The minimum atomic E-state index is -0.130. The molecular weight excluding hydrogens is 450 g/mol. The molecule has 8 atom stereocenters. The number of amides is 1. The molecule has 4 aliphatic rings. The molecule has 0 aromatic carbocycles. The zero-order valence-electron chi connectivity index (χ0n) is 22.9. The summed E-state index contributed by atoms with van der Waals surface area (Å²) in [5.41, 5.74) is 2.27. The van der Waals surface area contributed by atoms with E-state index in [0.29, 0.717) is 62.1 Å². The largest absolute Gasteiger partial charge is 0.393 e. The van der Waals surface area contributed by atoms with E-state index in [4.69, 9.17) is 15.9 Å². The van der Waals surface area contributed by atoms with E-state index in [0.717, 1.165) is 43.4 Å². The van der Waals surface area contributed by atoms with Gasteiger partial charge in [-0.3, -0.25) is 4.79 Å². The first kappa shape index (κ1) is 27.7. The van der Waals surface area contributed by atoms with Crippen LogP contribution in [0, 0.1) is 52.8 Å². The van der Waals surface area contributed by atoms with E-state index in [2.05, 4.69) is 38.1 Å². The van der Waals surface area contributed by atoms with Gasteiger partial charge in [0.05, 0.1) is 25.9 Å². The Labute approximate surface area is 219 Å². The summed E-state index contributed by atoms with van der Waals surface area (Å²) in [4.78, 5) is 12.4. The van der Waals surface area contributed by atoms with Gasteiger partial charge < -0.3 is 19.9 Å². The summed E-state index contributed by atoms with van der Waals surface area (Å²) in [6.45, 7) is 9.81. The zero-order valence-corrected chi connectivity index (χ0v) is 22.9. The number of carbonyl (C=O) groups excluding carboxylic acids is 1. The number of hydrogen-bond donors (Lipinski definition) is 2. The molecule has 0 saturated heterocycles. The van der Waals surface area contributed by atoms with Gasteiger partial charge in [0.1, 0.15) is 6.61 Å². The molecule has 202 valence electrons. The number of terminal acetylenes is 1. The monoisotopic (exact) mass is 499 g/mol. The number of fused-ring (bicyclic) bond motifs is 5. The number of allylic oxidation sites excluding steroid dienone is 1. The highest BCUT2D eigenvalue weighted by atomic mass is 16.5. The van der Waals surface area contributed by atoms with Crippen LogP contribution in [0.25, 0.3) is 0 Å². The maximum Gasteiger partial charge on any atom is 0.220 e. The molecule has 0 aromatic heterocycles. The molecule has 0 heterocycles. The number of carbonyl (C=O) groups is 1. The number of rotatable bonds is 11. The molecule has 36 heavy (non-hydrogen) atoms. The van der Waals surface area contributed by atoms with E-state index >= 15 is 0 Å². The van der Waals surface area contributed by atoms with Gasteiger partial charge in [-0.15, -0.1) is 6.42 Å². The van der Waals surface area contributed by atoms with Gasteiger partial charge in [0.25, 0.3) is 0 Å². The van der Waals surface area contributed by atoms with E-state index in [9.17, 15) is 9.90 Å². The topological polar surface area (TPSA) is 67.8 Å². The Morgan fingerprint density at radius 2 is 1.97 bits per heavy atom. The van der Waals surface area contributed by atoms with Gasteiger partial charge in [0, 0.05) is 13.0 Å². The molecule has 5 nitrogen and oxygen atoms in total. The van der Waals surface area contributed by atoms with Crippen molar-refractivity contribution < 1.29 is 19.4 Å². The average Bonchev–Trinajstić information content (AvgIpc) is 3.22. The molecule has 0 radical (unpaired) electrons. The van der Waals surface area contributed by atoms with Crippen LogP contribution >= 0.6 is 0 Å². The third kappa shape index (κ3) is 5.71. The highest BCUT2D eigenvalue weighted by Gasteiger charge is 2.59. The standard InChI is InChI=1S/C31H49NO4/c1-5-17-35-19-20-36-18-16-32-29(34)11-6-22(2)26-9-10-27-25-8-7-23-21-24(33)12-14-30(23,3)28(25)13-15-31(26,27)4/h1,7,22,24-28,33H,6,8-21H2,2-4H3,(H,32,34)/t22?,24-,25-,26+,27-,28-,30-,31+/m0/s1. The van der Waals surface area contributed by atoms with Crippen molar-refractivity contribution in [2.24, 2.45) is 40.4 Å². The summed E-state index contributed by atoms with van der Waals surface area (Å²) in [5, 5.41) is 13.3. The lowest BCUT2D eigenvalue weighted by atomic mass is 9.47. The van der Waals surface area contributed by atoms with Crippen LogP contribution in [-0.2, 0) is 14.3 Å². The predicted octanol–water partition coefficient (Wildman–Crippen LogP) is 5.13. The second-order valence-electron chi connectivity index (χ2n) is 12.6. The van der Waals surface area contributed by atoms with Gasteiger partial charge in [-0.05, 0) is 98.2 Å². The van der Waals surface area contributed by atoms with E-state index in [1.807, 2.05) is 0 Å². The first-order valence-corrected chi connectivity index (χ1v) is 14.5. The minimum Gasteiger partial charge on any atom is -0.393 e. The lowest BCUT2D eigenvalue weighted by Gasteiger charge is -2.58. The average molecular weight is 500 g/mol. The number of aliphatic hydroxyl groups is 1. The highest BCUT2D eigenvalue weighted by molar-refractivity contribution is 5.75. The molecular formula is C31H49NO4. The second-order valence-corrected chi connectivity index (χ2v) is 12.6. The number of hydrogen-bond acceptors (Lipinski definition) is 4. The minimum absolute atomic E-state index is 0.130. The fraction of sp³-hybridized carbons (Fsp3) is 0.839. The van der Waals surface area contributed by atoms with Crippen LogP contribution < -0.4 is 5.32 Å². The molecule has 2 N–H and O–H groups in total. The Bertz CT molecular complexity index is 833. The first-order chi connectivity index (χ1) is 17.3. The number of ether oxygens (including phenoxy) is 2. The molecule has 4 rings (SSSR count). The number of aliphatic hydroxyl groups excluding tert-OH is 1. The first-order valence-electron chi connectivity index (χ1n) is 14.5. The highest BCUT2D eigenvalue weighted by Crippen LogP contribution is 2.67. The molecule has 0 bridgehead atoms. The molecule has 0 aliphatic heterocycles. The molecule has 5 heteroatoms. The smallest absolute Gasteiger partial charge is 0.220 e. The Hall–Kier alpha value is -1.35. The van der Waals surface area contributed by atoms with Crippen LogP contribution in [0.15, 0.2) is 11.6 Å². The van der Waals surface area contributed by atoms with Crippen LogP contribution in [0.5, 0.6) is 0 Å². The fourth-order valence-corrected chi connectivity index (χ4v) is 8.88. The van der Waals surface area contributed by atoms with Crippen LogP contribution in [0.2, 0.25) is 0 Å². The van der Waals surface area contributed by atoms with E-state index in [-0.39, 0.29) is 12.0 Å². The van der Waals surface area contributed by atoms with Crippen molar-refractivity contribution in [3.8, 4) is 12.3 Å². The predicted molar refractivity (Wildman–Crippen MR) is 143 cm³/mol. The van der Waals surface area contributed by atoms with Gasteiger partial charge in [0.15, 0.2) is 0 Å². The Balaban J connectivity index is 1.24. The lowest BCUT2D eigenvalue weighted by molar-refractivity contribution is -0.121. The summed E-state index contributed by atoms with van der Waals surface area (Å²) in [5.74, 6) is 6.24. The quantitative estimate of drug-likeness (QED) is 0.235. The third-order valence-electron chi connectivity index (χ3n) is 10.8. The fourth-order valence-electron chi connectivity index (χ4n) is 8.88. The number of nitrogens with one attached hydrogen (secondary N) is 1. The Morgan fingerprint density at radius 3 is 2.78 bits per heavy atom. The summed E-state index contributed by atoms with van der Waals surface area (Å²) in [6.07, 6.45) is 18.7. The molecule has 0 aromatic rings. The normalized spacial score (nSPS) is 38.2. The zero-order chi connectivity index (χ0) is 25.8. The van der Waals surface area contributed by atoms with Crippen LogP contribution in [0.4, 0.5) is 0 Å². The van der Waals surface area contributed by atoms with E-state index < -0.39 is 0 Å². The van der Waals surface area contributed by atoms with Gasteiger partial charge in [0.2, 0.25) is 5.91 Å². The molecule has 1 amide bonds. The van der Waals surface area contributed by atoms with E-state index in [1.165, 1.54) is 32.1 Å². The van der Waals surface area contributed by atoms with Gasteiger partial charge in [-0.1, -0.05) is 38.3 Å². The Morgan fingerprint density at radius 1 is 1.17 bits per heavy atom. The van der Waals surface area contributed by atoms with Crippen molar-refractivity contribution in [2.75, 3.05) is 33.0 Å². The van der Waals surface area contributed by atoms with Gasteiger partial charge >= 0.3 is 0 Å². The third-order valence-corrected chi connectivity index (χ3v) is 10.8. The molecule has 3 saturated carbocycles. The summed E-state index contributed by atoms with van der Waals surface area (Å²) in [6, 6.07) is 0.